The van der Waals surface area contributed by atoms with Crippen molar-refractivity contribution in [3.05, 3.63) is 42.0 Å². The van der Waals surface area contributed by atoms with Crippen LogP contribution in [0.15, 0.2) is 36.4 Å². The van der Waals surface area contributed by atoms with Crippen LogP contribution in [0.25, 0.3) is 0 Å². The Morgan fingerprint density at radius 2 is 2.10 bits per heavy atom. The molecular weight excluding hydrogens is 252 g/mol. The second-order valence-electron chi connectivity index (χ2n) is 6.31. The highest BCUT2D eigenvalue weighted by molar-refractivity contribution is 5.73. The quantitative estimate of drug-likeness (QED) is 0.733. The fraction of sp³-hybridized carbons (Fsp3) is 0.438. The van der Waals surface area contributed by atoms with Gasteiger partial charge in [0.05, 0.1) is 11.7 Å². The van der Waals surface area contributed by atoms with E-state index in [1.54, 1.807) is 5.01 Å². The van der Waals surface area contributed by atoms with Gasteiger partial charge < -0.3 is 4.74 Å². The third-order valence-electron chi connectivity index (χ3n) is 3.62. The molecule has 3 rings (SSSR count). The van der Waals surface area contributed by atoms with Crippen molar-refractivity contribution in [2.24, 2.45) is 0 Å². The Bertz CT molecular complexity index is 560. The van der Waals surface area contributed by atoms with Gasteiger partial charge in [0, 0.05) is 5.92 Å². The summed E-state index contributed by atoms with van der Waals surface area (Å²) in [6.45, 7) is 5.65. The lowest BCUT2D eigenvalue weighted by atomic mass is 9.91. The average molecular weight is 272 g/mol. The van der Waals surface area contributed by atoms with Crippen LogP contribution in [0.4, 0.5) is 10.5 Å². The molecule has 0 bridgehead atoms. The van der Waals surface area contributed by atoms with E-state index in [0.29, 0.717) is 0 Å². The van der Waals surface area contributed by atoms with Gasteiger partial charge in [0.2, 0.25) is 0 Å². The molecule has 1 aliphatic heterocycles. The number of carbonyl (C=O) groups is 1. The molecule has 106 valence electrons. The molecule has 0 aromatic heterocycles. The molecule has 0 saturated heterocycles. The first-order valence-electron chi connectivity index (χ1n) is 7.00. The Kier molecular flexibility index (Phi) is 2.96. The van der Waals surface area contributed by atoms with Crippen molar-refractivity contribution in [2.45, 2.75) is 44.8 Å². The Morgan fingerprint density at radius 1 is 1.35 bits per heavy atom. The highest BCUT2D eigenvalue weighted by Gasteiger charge is 2.39. The first-order chi connectivity index (χ1) is 9.46. The van der Waals surface area contributed by atoms with Crippen LogP contribution in [-0.4, -0.2) is 22.7 Å². The average Bonchev–Trinajstić information content (AvgIpc) is 2.85. The van der Waals surface area contributed by atoms with E-state index in [1.807, 2.05) is 39.0 Å². The van der Waals surface area contributed by atoms with E-state index >= 15 is 0 Å². The van der Waals surface area contributed by atoms with Gasteiger partial charge in [0.1, 0.15) is 5.60 Å². The third kappa shape index (κ3) is 2.26. The minimum atomic E-state index is -0.489. The van der Waals surface area contributed by atoms with E-state index in [1.165, 1.54) is 5.56 Å². The Morgan fingerprint density at radius 3 is 2.85 bits per heavy atom. The molecule has 2 aliphatic rings. The van der Waals surface area contributed by atoms with Crippen LogP contribution in [0.3, 0.4) is 0 Å². The largest absolute Gasteiger partial charge is 0.442 e. The second-order valence-corrected chi connectivity index (χ2v) is 6.31. The van der Waals surface area contributed by atoms with Gasteiger partial charge in [-0.25, -0.2) is 9.80 Å². The number of amides is 1. The summed E-state index contributed by atoms with van der Waals surface area (Å²) in [5.74, 6) is 0.250. The Labute approximate surface area is 119 Å². The van der Waals surface area contributed by atoms with Gasteiger partial charge >= 0.3 is 6.09 Å². The maximum absolute atomic E-state index is 12.4. The van der Waals surface area contributed by atoms with Gasteiger partial charge in [-0.1, -0.05) is 30.4 Å². The van der Waals surface area contributed by atoms with Gasteiger partial charge in [0.15, 0.2) is 0 Å². The summed E-state index contributed by atoms with van der Waals surface area (Å²) in [5, 5.41) is 1.64. The molecule has 0 fully saturated rings. The standard InChI is InChI=1S/C16H20N2O2/c1-16(2,3)20-15(19)18-14-10-6-8-12(14)11-7-4-5-9-13(11)17-18/h4-9,12,14,17H,10H2,1-3H3/t12-,14-/m1/s1. The van der Waals surface area contributed by atoms with Crippen molar-refractivity contribution in [3.63, 3.8) is 0 Å². The lowest BCUT2D eigenvalue weighted by Gasteiger charge is -2.40. The molecule has 0 saturated carbocycles. The van der Waals surface area contributed by atoms with Crippen LogP contribution in [-0.2, 0) is 4.74 Å². The molecule has 4 nitrogen and oxygen atoms in total. The summed E-state index contributed by atoms with van der Waals surface area (Å²) in [5.41, 5.74) is 4.94. The predicted octanol–water partition coefficient (Wildman–Crippen LogP) is 3.68. The normalized spacial score (nSPS) is 23.9. The number of fused-ring (bicyclic) bond motifs is 3. The number of anilines is 1. The summed E-state index contributed by atoms with van der Waals surface area (Å²) in [6, 6.07) is 8.21. The van der Waals surface area contributed by atoms with Crippen LogP contribution in [0.1, 0.15) is 38.7 Å². The Balaban J connectivity index is 1.90. The molecular formula is C16H20N2O2. The molecule has 1 heterocycles. The molecule has 0 spiro atoms. The summed E-state index contributed by atoms with van der Waals surface area (Å²) >= 11 is 0. The maximum atomic E-state index is 12.4. The lowest BCUT2D eigenvalue weighted by Crippen LogP contribution is -2.50. The molecule has 2 atom stereocenters. The summed E-state index contributed by atoms with van der Waals surface area (Å²) < 4.78 is 5.50. The molecule has 1 N–H and O–H groups in total. The summed E-state index contributed by atoms with van der Waals surface area (Å²) in [6.07, 6.45) is 4.86. The first kappa shape index (κ1) is 13.0. The number of rotatable bonds is 0. The van der Waals surface area contributed by atoms with E-state index in [4.69, 9.17) is 4.74 Å². The summed E-state index contributed by atoms with van der Waals surface area (Å²) in [7, 11) is 0. The molecule has 1 aliphatic carbocycles. The number of carbonyl (C=O) groups excluding carboxylic acids is 1. The van der Waals surface area contributed by atoms with Gasteiger partial charge in [-0.05, 0) is 38.8 Å². The van der Waals surface area contributed by atoms with Gasteiger partial charge in [-0.3, -0.25) is 5.43 Å². The van der Waals surface area contributed by atoms with E-state index in [2.05, 4.69) is 23.6 Å². The molecule has 1 amide bonds. The number of ether oxygens (including phenoxy) is 1. The molecule has 0 unspecified atom stereocenters. The van der Waals surface area contributed by atoms with Crippen LogP contribution < -0.4 is 5.43 Å². The van der Waals surface area contributed by atoms with Crippen LogP contribution in [0.5, 0.6) is 0 Å². The van der Waals surface area contributed by atoms with Crippen molar-refractivity contribution in [3.8, 4) is 0 Å². The summed E-state index contributed by atoms with van der Waals surface area (Å²) in [4.78, 5) is 12.4. The van der Waals surface area contributed by atoms with Gasteiger partial charge in [0.25, 0.3) is 0 Å². The Hall–Kier alpha value is -1.97. The SMILES string of the molecule is CC(C)(C)OC(=O)N1Nc2ccccc2[C@H]2C=CC[C@H]21. The molecule has 1 aromatic carbocycles. The predicted molar refractivity (Wildman–Crippen MR) is 78.4 cm³/mol. The van der Waals surface area contributed by atoms with Crippen molar-refractivity contribution in [2.75, 3.05) is 5.43 Å². The van der Waals surface area contributed by atoms with E-state index < -0.39 is 5.60 Å². The van der Waals surface area contributed by atoms with Crippen LogP contribution in [0.2, 0.25) is 0 Å². The van der Waals surface area contributed by atoms with E-state index in [0.717, 1.165) is 12.1 Å². The van der Waals surface area contributed by atoms with Crippen LogP contribution >= 0.6 is 0 Å². The fourth-order valence-corrected chi connectivity index (χ4v) is 2.81. The first-order valence-corrected chi connectivity index (χ1v) is 7.00. The molecule has 4 heteroatoms. The number of nitrogens with zero attached hydrogens (tertiary/aromatic N) is 1. The third-order valence-corrected chi connectivity index (χ3v) is 3.62. The number of nitrogens with one attached hydrogen (secondary N) is 1. The molecule has 1 aromatic rings. The minimum Gasteiger partial charge on any atom is -0.442 e. The highest BCUT2D eigenvalue weighted by Crippen LogP contribution is 2.40. The maximum Gasteiger partial charge on any atom is 0.429 e. The number of benzene rings is 1. The van der Waals surface area contributed by atoms with E-state index in [-0.39, 0.29) is 18.1 Å². The zero-order chi connectivity index (χ0) is 14.3. The second kappa shape index (κ2) is 4.54. The lowest BCUT2D eigenvalue weighted by molar-refractivity contribution is 0.0205. The number of para-hydroxylation sites is 1. The highest BCUT2D eigenvalue weighted by atomic mass is 16.6. The minimum absolute atomic E-state index is 0.0970. The van der Waals surface area contributed by atoms with Crippen molar-refractivity contribution in [1.82, 2.24) is 5.01 Å². The molecule has 0 radical (unpaired) electrons. The zero-order valence-corrected chi connectivity index (χ0v) is 12.1. The van der Waals surface area contributed by atoms with Gasteiger partial charge in [-0.15, -0.1) is 0 Å². The number of hydrazine groups is 1. The number of hydrogen-bond acceptors (Lipinski definition) is 3. The van der Waals surface area contributed by atoms with Gasteiger partial charge in [-0.2, -0.15) is 0 Å². The number of hydrogen-bond donors (Lipinski definition) is 1. The smallest absolute Gasteiger partial charge is 0.429 e. The van der Waals surface area contributed by atoms with Crippen molar-refractivity contribution >= 4 is 11.8 Å². The van der Waals surface area contributed by atoms with Crippen molar-refractivity contribution < 1.29 is 9.53 Å². The monoisotopic (exact) mass is 272 g/mol. The van der Waals surface area contributed by atoms with Crippen molar-refractivity contribution in [1.29, 1.82) is 0 Å². The van der Waals surface area contributed by atoms with E-state index in [9.17, 15) is 4.79 Å². The van der Waals surface area contributed by atoms with Crippen LogP contribution in [0, 0.1) is 0 Å². The topological polar surface area (TPSA) is 41.6 Å². The molecule has 20 heavy (non-hydrogen) atoms. The zero-order valence-electron chi connectivity index (χ0n) is 12.1. The fourth-order valence-electron chi connectivity index (χ4n) is 2.81.